The molecule has 0 radical (unpaired) electrons. The smallest absolute Gasteiger partial charge is 0.338 e. The van der Waals surface area contributed by atoms with E-state index < -0.39 is 34.5 Å². The second kappa shape index (κ2) is 8.31. The van der Waals surface area contributed by atoms with Crippen molar-refractivity contribution in [1.29, 1.82) is 0 Å². The van der Waals surface area contributed by atoms with E-state index in [1.807, 2.05) is 0 Å². The fourth-order valence-electron chi connectivity index (χ4n) is 2.12. The molecule has 0 aliphatic rings. The summed E-state index contributed by atoms with van der Waals surface area (Å²) in [4.78, 5) is 22.8. The molecular weight excluding hydrogens is 380 g/mol. The number of amides is 1. The summed E-state index contributed by atoms with van der Waals surface area (Å²) in [7, 11) is -3.89. The standard InChI is InChI=1S/C17H17ClN2O5S/c1-11(14-4-2-3-5-15(14)18)25-17(22)12-6-8-13(9-7-12)26(23,24)20-10-16(19)21/h2-9,11,20H,10H2,1H3,(H2,19,21)/t11-/m0/s1. The van der Waals surface area contributed by atoms with E-state index in [0.717, 1.165) is 0 Å². The molecule has 0 fully saturated rings. The van der Waals surface area contributed by atoms with Crippen LogP contribution in [0.1, 0.15) is 28.9 Å². The lowest BCUT2D eigenvalue weighted by molar-refractivity contribution is -0.116. The Bertz CT molecular complexity index is 913. The number of hydrogen-bond acceptors (Lipinski definition) is 5. The first-order chi connectivity index (χ1) is 12.2. The lowest BCUT2D eigenvalue weighted by Crippen LogP contribution is -2.33. The van der Waals surface area contributed by atoms with Crippen molar-refractivity contribution >= 4 is 33.5 Å². The van der Waals surface area contributed by atoms with Gasteiger partial charge in [-0.2, -0.15) is 0 Å². The number of nitrogens with one attached hydrogen (secondary N) is 1. The van der Waals surface area contributed by atoms with Crippen LogP contribution in [0.4, 0.5) is 0 Å². The quantitative estimate of drug-likeness (QED) is 0.694. The molecule has 0 saturated carbocycles. The third kappa shape index (κ3) is 5.04. The van der Waals surface area contributed by atoms with E-state index in [9.17, 15) is 18.0 Å². The first-order valence-electron chi connectivity index (χ1n) is 7.54. The summed E-state index contributed by atoms with van der Waals surface area (Å²) >= 11 is 6.07. The second-order valence-corrected chi connectivity index (χ2v) is 7.56. The fraction of sp³-hybridized carbons (Fsp3) is 0.176. The monoisotopic (exact) mass is 396 g/mol. The third-order valence-electron chi connectivity index (χ3n) is 3.46. The van der Waals surface area contributed by atoms with Crippen molar-refractivity contribution in [3.63, 3.8) is 0 Å². The summed E-state index contributed by atoms with van der Waals surface area (Å²) in [6.45, 7) is 1.17. The Kier molecular flexibility index (Phi) is 6.36. The number of carbonyl (C=O) groups excluding carboxylic acids is 2. The summed E-state index contributed by atoms with van der Waals surface area (Å²) in [5.74, 6) is -1.42. The lowest BCUT2D eigenvalue weighted by atomic mass is 10.1. The van der Waals surface area contributed by atoms with Crippen molar-refractivity contribution in [2.45, 2.75) is 17.9 Å². The van der Waals surface area contributed by atoms with Crippen molar-refractivity contribution in [2.24, 2.45) is 5.73 Å². The third-order valence-corrected chi connectivity index (χ3v) is 5.23. The Labute approximate surface area is 156 Å². The predicted molar refractivity (Wildman–Crippen MR) is 96.1 cm³/mol. The minimum atomic E-state index is -3.89. The summed E-state index contributed by atoms with van der Waals surface area (Å²) in [6, 6.07) is 12.1. The van der Waals surface area contributed by atoms with E-state index in [1.54, 1.807) is 31.2 Å². The van der Waals surface area contributed by atoms with Gasteiger partial charge in [0.05, 0.1) is 17.0 Å². The van der Waals surface area contributed by atoms with Crippen molar-refractivity contribution in [3.05, 3.63) is 64.7 Å². The molecule has 1 amide bonds. The Morgan fingerprint density at radius 1 is 1.15 bits per heavy atom. The highest BCUT2D eigenvalue weighted by Crippen LogP contribution is 2.26. The number of esters is 1. The average molecular weight is 397 g/mol. The molecule has 0 aliphatic heterocycles. The normalized spacial score (nSPS) is 12.4. The van der Waals surface area contributed by atoms with Gasteiger partial charge in [-0.05, 0) is 37.3 Å². The maximum absolute atomic E-state index is 12.2. The Morgan fingerprint density at radius 3 is 2.35 bits per heavy atom. The van der Waals surface area contributed by atoms with Crippen LogP contribution in [0, 0.1) is 0 Å². The molecule has 2 aromatic carbocycles. The van der Waals surface area contributed by atoms with E-state index in [2.05, 4.69) is 4.72 Å². The first kappa shape index (κ1) is 19.9. The number of primary amides is 1. The predicted octanol–water partition coefficient (Wildman–Crippen LogP) is 2.02. The maximum Gasteiger partial charge on any atom is 0.338 e. The fourth-order valence-corrected chi connectivity index (χ4v) is 3.40. The number of rotatable bonds is 7. The molecule has 2 aromatic rings. The van der Waals surface area contributed by atoms with Gasteiger partial charge in [0.2, 0.25) is 15.9 Å². The van der Waals surface area contributed by atoms with Gasteiger partial charge < -0.3 is 10.5 Å². The molecule has 9 heteroatoms. The SMILES string of the molecule is C[C@H](OC(=O)c1ccc(S(=O)(=O)NCC(N)=O)cc1)c1ccccc1Cl. The van der Waals surface area contributed by atoms with Gasteiger partial charge in [0.25, 0.3) is 0 Å². The van der Waals surface area contributed by atoms with E-state index >= 15 is 0 Å². The molecular formula is C17H17ClN2O5S. The topological polar surface area (TPSA) is 116 Å². The summed E-state index contributed by atoms with van der Waals surface area (Å²) in [6.07, 6.45) is -0.572. The Hall–Kier alpha value is -2.42. The molecule has 0 saturated heterocycles. The van der Waals surface area contributed by atoms with Gasteiger partial charge in [0, 0.05) is 10.6 Å². The molecule has 0 unspecified atom stereocenters. The number of sulfonamides is 1. The molecule has 7 nitrogen and oxygen atoms in total. The van der Waals surface area contributed by atoms with Crippen LogP contribution in [-0.4, -0.2) is 26.8 Å². The van der Waals surface area contributed by atoms with Gasteiger partial charge in [-0.25, -0.2) is 17.9 Å². The van der Waals surface area contributed by atoms with Gasteiger partial charge >= 0.3 is 5.97 Å². The molecule has 1 atom stereocenters. The molecule has 138 valence electrons. The van der Waals surface area contributed by atoms with Crippen LogP contribution in [-0.2, 0) is 19.6 Å². The molecule has 0 heterocycles. The van der Waals surface area contributed by atoms with Crippen molar-refractivity contribution in [3.8, 4) is 0 Å². The molecule has 2 rings (SSSR count). The minimum Gasteiger partial charge on any atom is -0.454 e. The van der Waals surface area contributed by atoms with Crippen molar-refractivity contribution in [2.75, 3.05) is 6.54 Å². The number of benzene rings is 2. The molecule has 0 aliphatic carbocycles. The maximum atomic E-state index is 12.2. The molecule has 0 bridgehead atoms. The number of ether oxygens (including phenoxy) is 1. The van der Waals surface area contributed by atoms with E-state index in [4.69, 9.17) is 22.1 Å². The number of carbonyl (C=O) groups is 2. The van der Waals surface area contributed by atoms with E-state index in [0.29, 0.717) is 10.6 Å². The highest BCUT2D eigenvalue weighted by Gasteiger charge is 2.18. The van der Waals surface area contributed by atoms with Crippen LogP contribution in [0.25, 0.3) is 0 Å². The first-order valence-corrected chi connectivity index (χ1v) is 9.40. The van der Waals surface area contributed by atoms with Gasteiger partial charge in [-0.3, -0.25) is 4.79 Å². The van der Waals surface area contributed by atoms with Crippen LogP contribution >= 0.6 is 11.6 Å². The van der Waals surface area contributed by atoms with Crippen molar-refractivity contribution < 1.29 is 22.7 Å². The zero-order valence-electron chi connectivity index (χ0n) is 13.8. The zero-order chi connectivity index (χ0) is 19.3. The van der Waals surface area contributed by atoms with Crippen LogP contribution in [0.2, 0.25) is 5.02 Å². The summed E-state index contributed by atoms with van der Waals surface area (Å²) < 4.78 is 31.3. The van der Waals surface area contributed by atoms with E-state index in [1.165, 1.54) is 24.3 Å². The Balaban J connectivity index is 2.09. The number of hydrogen-bond donors (Lipinski definition) is 2. The number of nitrogens with two attached hydrogens (primary N) is 1. The highest BCUT2D eigenvalue weighted by atomic mass is 35.5. The van der Waals surface area contributed by atoms with Crippen LogP contribution < -0.4 is 10.5 Å². The van der Waals surface area contributed by atoms with Crippen molar-refractivity contribution in [1.82, 2.24) is 4.72 Å². The van der Waals surface area contributed by atoms with Gasteiger partial charge in [0.15, 0.2) is 0 Å². The molecule has 26 heavy (non-hydrogen) atoms. The molecule has 3 N–H and O–H groups in total. The molecule has 0 spiro atoms. The van der Waals surface area contributed by atoms with Crippen LogP contribution in [0.5, 0.6) is 0 Å². The zero-order valence-corrected chi connectivity index (χ0v) is 15.4. The van der Waals surface area contributed by atoms with Crippen LogP contribution in [0.15, 0.2) is 53.4 Å². The van der Waals surface area contributed by atoms with Crippen LogP contribution in [0.3, 0.4) is 0 Å². The Morgan fingerprint density at radius 2 is 1.77 bits per heavy atom. The largest absolute Gasteiger partial charge is 0.454 e. The molecule has 0 aromatic heterocycles. The van der Waals surface area contributed by atoms with Gasteiger partial charge in [-0.15, -0.1) is 0 Å². The minimum absolute atomic E-state index is 0.102. The second-order valence-electron chi connectivity index (χ2n) is 5.38. The summed E-state index contributed by atoms with van der Waals surface area (Å²) in [5.41, 5.74) is 5.75. The van der Waals surface area contributed by atoms with Gasteiger partial charge in [0.1, 0.15) is 6.10 Å². The van der Waals surface area contributed by atoms with Gasteiger partial charge in [-0.1, -0.05) is 29.8 Å². The number of halogens is 1. The highest BCUT2D eigenvalue weighted by molar-refractivity contribution is 7.89. The lowest BCUT2D eigenvalue weighted by Gasteiger charge is -2.15. The van der Waals surface area contributed by atoms with E-state index in [-0.39, 0.29) is 10.5 Å². The summed E-state index contributed by atoms with van der Waals surface area (Å²) in [5, 5.41) is 0.481. The average Bonchev–Trinajstić information content (AvgIpc) is 2.60.